The summed E-state index contributed by atoms with van der Waals surface area (Å²) in [5.41, 5.74) is 0. The topological polar surface area (TPSA) is 64.5 Å². The van der Waals surface area contributed by atoms with Crippen LogP contribution in [-0.2, 0) is 0 Å². The summed E-state index contributed by atoms with van der Waals surface area (Å²) in [6.45, 7) is 1.90. The van der Waals surface area contributed by atoms with Gasteiger partial charge in [-0.25, -0.2) is 9.97 Å². The lowest BCUT2D eigenvalue weighted by atomic mass is 10.2. The Labute approximate surface area is 147 Å². The number of thiophene rings is 1. The van der Waals surface area contributed by atoms with E-state index in [1.807, 2.05) is 6.07 Å². The summed E-state index contributed by atoms with van der Waals surface area (Å²) in [5, 5.41) is 15.0. The molecule has 0 unspecified atom stereocenters. The van der Waals surface area contributed by atoms with Gasteiger partial charge in [-0.1, -0.05) is 6.07 Å². The van der Waals surface area contributed by atoms with Gasteiger partial charge in [-0.05, 0) is 38.4 Å². The predicted octanol–water partition coefficient (Wildman–Crippen LogP) is 2.21. The number of hydrogen-bond donors (Lipinski definition) is 2. The van der Waals surface area contributed by atoms with E-state index in [1.54, 1.807) is 17.7 Å². The molecular weight excluding hydrogens is 322 g/mol. The molecule has 0 bridgehead atoms. The molecule has 0 spiro atoms. The smallest absolute Gasteiger partial charge is 0.134 e. The van der Waals surface area contributed by atoms with Gasteiger partial charge in [0.1, 0.15) is 18.0 Å². The number of aromatic nitrogens is 2. The van der Waals surface area contributed by atoms with Crippen molar-refractivity contribution >= 4 is 23.0 Å². The van der Waals surface area contributed by atoms with Crippen LogP contribution in [0.2, 0.25) is 0 Å². The molecular formula is C17H25N5OS. The summed E-state index contributed by atoms with van der Waals surface area (Å²) in [7, 11) is 4.18. The van der Waals surface area contributed by atoms with Crippen LogP contribution in [-0.4, -0.2) is 59.8 Å². The molecule has 1 saturated heterocycles. The second-order valence-electron chi connectivity index (χ2n) is 6.31. The van der Waals surface area contributed by atoms with E-state index in [0.717, 1.165) is 37.6 Å². The molecule has 7 heteroatoms. The van der Waals surface area contributed by atoms with Gasteiger partial charge in [0.05, 0.1) is 18.7 Å². The first-order valence-electron chi connectivity index (χ1n) is 8.32. The summed E-state index contributed by atoms with van der Waals surface area (Å²) in [6, 6.07) is 6.71. The Hall–Kier alpha value is -1.70. The fraction of sp³-hybridized carbons (Fsp3) is 0.529. The van der Waals surface area contributed by atoms with Crippen LogP contribution in [0.5, 0.6) is 0 Å². The minimum Gasteiger partial charge on any atom is -0.394 e. The van der Waals surface area contributed by atoms with Gasteiger partial charge >= 0.3 is 0 Å². The van der Waals surface area contributed by atoms with Crippen molar-refractivity contribution in [2.24, 2.45) is 0 Å². The van der Waals surface area contributed by atoms with Gasteiger partial charge in [0.25, 0.3) is 0 Å². The molecule has 0 amide bonds. The molecule has 2 aromatic rings. The van der Waals surface area contributed by atoms with Gasteiger partial charge in [-0.2, -0.15) is 0 Å². The van der Waals surface area contributed by atoms with Gasteiger partial charge in [0, 0.05) is 24.0 Å². The number of aliphatic hydroxyl groups excluding tert-OH is 1. The number of hydrogen-bond acceptors (Lipinski definition) is 7. The molecule has 3 rings (SSSR count). The van der Waals surface area contributed by atoms with Gasteiger partial charge in [0.2, 0.25) is 0 Å². The van der Waals surface area contributed by atoms with Gasteiger partial charge in [-0.3, -0.25) is 0 Å². The zero-order valence-electron chi connectivity index (χ0n) is 14.2. The first kappa shape index (κ1) is 17.1. The van der Waals surface area contributed by atoms with E-state index in [4.69, 9.17) is 0 Å². The second-order valence-corrected chi connectivity index (χ2v) is 7.29. The Bertz CT molecular complexity index is 634. The molecule has 3 heterocycles. The number of aliphatic hydroxyl groups is 1. The fourth-order valence-corrected chi connectivity index (χ4v) is 4.07. The molecule has 1 aliphatic rings. The molecule has 0 radical (unpaired) electrons. The number of nitrogens with zero attached hydrogens (tertiary/aromatic N) is 4. The Balaban J connectivity index is 1.68. The van der Waals surface area contributed by atoms with E-state index < -0.39 is 0 Å². The average Bonchev–Trinajstić information content (AvgIpc) is 3.26. The lowest BCUT2D eigenvalue weighted by molar-refractivity contribution is 0.266. The van der Waals surface area contributed by atoms with E-state index in [0.29, 0.717) is 6.04 Å². The Morgan fingerprint density at radius 1 is 1.46 bits per heavy atom. The molecule has 6 nitrogen and oxygen atoms in total. The molecule has 24 heavy (non-hydrogen) atoms. The van der Waals surface area contributed by atoms with E-state index in [-0.39, 0.29) is 12.6 Å². The summed E-state index contributed by atoms with van der Waals surface area (Å²) >= 11 is 1.77. The largest absolute Gasteiger partial charge is 0.394 e. The maximum Gasteiger partial charge on any atom is 0.134 e. The normalized spacial score (nSPS) is 19.0. The zero-order chi connectivity index (χ0) is 16.9. The molecule has 2 aromatic heterocycles. The molecule has 1 aliphatic heterocycles. The lowest BCUT2D eigenvalue weighted by Crippen LogP contribution is -2.32. The van der Waals surface area contributed by atoms with Crippen molar-refractivity contribution < 1.29 is 5.11 Å². The van der Waals surface area contributed by atoms with E-state index in [1.165, 1.54) is 4.88 Å². The highest BCUT2D eigenvalue weighted by Gasteiger charge is 2.25. The third-order valence-electron chi connectivity index (χ3n) is 4.51. The van der Waals surface area contributed by atoms with E-state index in [9.17, 15) is 5.11 Å². The SMILES string of the molecule is CN(C)[C@@H](CNc1cc(N2CCC[C@@H]2CO)ncn1)c1cccs1. The first-order valence-corrected chi connectivity index (χ1v) is 9.20. The molecule has 1 fully saturated rings. The minimum absolute atomic E-state index is 0.174. The highest BCUT2D eigenvalue weighted by molar-refractivity contribution is 7.10. The average molecular weight is 347 g/mol. The molecule has 2 N–H and O–H groups in total. The Morgan fingerprint density at radius 3 is 3.04 bits per heavy atom. The Morgan fingerprint density at radius 2 is 2.33 bits per heavy atom. The van der Waals surface area contributed by atoms with Crippen LogP contribution in [0.1, 0.15) is 23.8 Å². The number of rotatable bonds is 7. The van der Waals surface area contributed by atoms with Gasteiger partial charge in [-0.15, -0.1) is 11.3 Å². The highest BCUT2D eigenvalue weighted by atomic mass is 32.1. The van der Waals surface area contributed by atoms with Gasteiger partial charge < -0.3 is 20.2 Å². The summed E-state index contributed by atoms with van der Waals surface area (Å²) in [6.07, 6.45) is 3.71. The molecule has 2 atom stereocenters. The van der Waals surface area contributed by atoms with Crippen molar-refractivity contribution in [1.29, 1.82) is 0 Å². The van der Waals surface area contributed by atoms with Crippen molar-refractivity contribution in [3.8, 4) is 0 Å². The van der Waals surface area contributed by atoms with Crippen molar-refractivity contribution in [2.45, 2.75) is 24.9 Å². The third-order valence-corrected chi connectivity index (χ3v) is 5.48. The van der Waals surface area contributed by atoms with E-state index >= 15 is 0 Å². The van der Waals surface area contributed by atoms with Crippen LogP contribution in [0.15, 0.2) is 29.9 Å². The molecule has 0 saturated carbocycles. The molecule has 0 aromatic carbocycles. The second kappa shape index (κ2) is 7.92. The van der Waals surface area contributed by atoms with Crippen LogP contribution >= 0.6 is 11.3 Å². The lowest BCUT2D eigenvalue weighted by Gasteiger charge is -2.25. The molecule has 0 aliphatic carbocycles. The van der Waals surface area contributed by atoms with Gasteiger partial charge in [0.15, 0.2) is 0 Å². The quantitative estimate of drug-likeness (QED) is 0.801. The molecule has 130 valence electrons. The summed E-state index contributed by atoms with van der Waals surface area (Å²) in [5.74, 6) is 1.72. The van der Waals surface area contributed by atoms with E-state index in [2.05, 4.69) is 56.7 Å². The summed E-state index contributed by atoms with van der Waals surface area (Å²) < 4.78 is 0. The predicted molar refractivity (Wildman–Crippen MR) is 98.7 cm³/mol. The standard InChI is InChI=1S/C17H25N5OS/c1-21(2)14(15-6-4-8-24-15)10-18-16-9-17(20-12-19-16)22-7-3-5-13(22)11-23/h4,6,8-9,12-14,23H,3,5,7,10-11H2,1-2H3,(H,18,19,20)/t13-,14+/m1/s1. The van der Waals surface area contributed by atoms with Crippen LogP contribution in [0.3, 0.4) is 0 Å². The maximum absolute atomic E-state index is 9.50. The Kier molecular flexibility index (Phi) is 5.65. The minimum atomic E-state index is 0.174. The monoisotopic (exact) mass is 347 g/mol. The fourth-order valence-electron chi connectivity index (χ4n) is 3.15. The number of nitrogens with one attached hydrogen (secondary N) is 1. The first-order chi connectivity index (χ1) is 11.7. The van der Waals surface area contributed by atoms with Crippen molar-refractivity contribution in [2.75, 3.05) is 44.0 Å². The maximum atomic E-state index is 9.50. The van der Waals surface area contributed by atoms with Crippen LogP contribution in [0, 0.1) is 0 Å². The number of likely N-dealkylation sites (N-methyl/N-ethyl adjacent to an activating group) is 1. The number of anilines is 2. The van der Waals surface area contributed by atoms with Crippen LogP contribution in [0.4, 0.5) is 11.6 Å². The van der Waals surface area contributed by atoms with Crippen molar-refractivity contribution in [1.82, 2.24) is 14.9 Å². The van der Waals surface area contributed by atoms with Crippen LogP contribution < -0.4 is 10.2 Å². The highest BCUT2D eigenvalue weighted by Crippen LogP contribution is 2.26. The van der Waals surface area contributed by atoms with Crippen LogP contribution in [0.25, 0.3) is 0 Å². The van der Waals surface area contributed by atoms with Crippen molar-refractivity contribution in [3.05, 3.63) is 34.8 Å². The zero-order valence-corrected chi connectivity index (χ0v) is 15.0. The van der Waals surface area contributed by atoms with Crippen molar-refractivity contribution in [3.63, 3.8) is 0 Å². The third kappa shape index (κ3) is 3.85. The summed E-state index contributed by atoms with van der Waals surface area (Å²) in [4.78, 5) is 14.5.